The highest BCUT2D eigenvalue weighted by molar-refractivity contribution is 7.15. The Labute approximate surface area is 84.3 Å². The molecule has 0 aliphatic heterocycles. The van der Waals surface area contributed by atoms with Gasteiger partial charge in [-0.25, -0.2) is 0 Å². The molecule has 0 saturated heterocycles. The summed E-state index contributed by atoms with van der Waals surface area (Å²) in [4.78, 5) is 0. The highest BCUT2D eigenvalue weighted by atomic mass is 35.5. The van der Waals surface area contributed by atoms with Gasteiger partial charge in [0.05, 0.1) is 0 Å². The van der Waals surface area contributed by atoms with Crippen LogP contribution in [0, 0.1) is 0 Å². The standard InChI is InChI=1S/C7H5BClF3.2H2O/c9-8(7(10,11)12)6-4-2-1-3-5-6;;/h1-5H;2*1H2. The van der Waals surface area contributed by atoms with Crippen LogP contribution in [0.25, 0.3) is 0 Å². The first kappa shape index (κ1) is 15.7. The van der Waals surface area contributed by atoms with Crippen molar-refractivity contribution in [2.75, 3.05) is 0 Å². The minimum Gasteiger partial charge on any atom is -0.412 e. The molecule has 14 heavy (non-hydrogen) atoms. The summed E-state index contributed by atoms with van der Waals surface area (Å²) in [6.07, 6.45) is -6.28. The predicted octanol–water partition coefficient (Wildman–Crippen LogP) is 0.576. The number of alkyl halides is 3. The summed E-state index contributed by atoms with van der Waals surface area (Å²) in [5.74, 6) is 0. The quantitative estimate of drug-likeness (QED) is 0.631. The van der Waals surface area contributed by atoms with Crippen molar-refractivity contribution in [2.45, 2.75) is 6.08 Å². The van der Waals surface area contributed by atoms with E-state index in [2.05, 4.69) is 0 Å². The Morgan fingerprint density at radius 1 is 1.00 bits per heavy atom. The van der Waals surface area contributed by atoms with Crippen LogP contribution < -0.4 is 5.46 Å². The molecule has 0 fully saturated rings. The third-order valence-corrected chi connectivity index (χ3v) is 1.88. The fraction of sp³-hybridized carbons (Fsp3) is 0.143. The summed E-state index contributed by atoms with van der Waals surface area (Å²) in [7, 11) is 0. The van der Waals surface area contributed by atoms with Crippen LogP contribution in [0.5, 0.6) is 0 Å². The number of hydrogen-bond donors (Lipinski definition) is 0. The Hall–Kier alpha value is -0.715. The monoisotopic (exact) mass is 228 g/mol. The maximum Gasteiger partial charge on any atom is 0.407 e. The lowest BCUT2D eigenvalue weighted by Crippen LogP contribution is -2.39. The summed E-state index contributed by atoms with van der Waals surface area (Å²) in [6, 6.07) is 7.40. The molecule has 1 aromatic rings. The van der Waals surface area contributed by atoms with Gasteiger partial charge in [-0.1, -0.05) is 35.8 Å². The number of halogens is 4. The molecule has 0 atom stereocenters. The van der Waals surface area contributed by atoms with E-state index in [1.165, 1.54) is 24.3 Å². The fourth-order valence-electron chi connectivity index (χ4n) is 0.811. The lowest BCUT2D eigenvalue weighted by Gasteiger charge is -2.09. The molecule has 0 aliphatic carbocycles. The molecule has 1 rings (SSSR count). The second-order valence-corrected chi connectivity index (χ2v) is 2.75. The van der Waals surface area contributed by atoms with Gasteiger partial charge in [0.2, 0.25) is 0 Å². The van der Waals surface area contributed by atoms with Gasteiger partial charge in [-0.05, 0) is 0 Å². The molecule has 0 heterocycles. The van der Waals surface area contributed by atoms with E-state index in [0.717, 1.165) is 0 Å². The van der Waals surface area contributed by atoms with Crippen molar-refractivity contribution in [3.8, 4) is 0 Å². The first-order valence-electron chi connectivity index (χ1n) is 3.27. The van der Waals surface area contributed by atoms with Gasteiger partial charge in [-0.3, -0.25) is 0 Å². The molecule has 0 aromatic heterocycles. The second kappa shape index (κ2) is 5.90. The maximum atomic E-state index is 12.0. The molecule has 0 unspecified atom stereocenters. The van der Waals surface area contributed by atoms with Gasteiger partial charge in [-0.15, -0.1) is 0 Å². The highest BCUT2D eigenvalue weighted by Gasteiger charge is 2.43. The second-order valence-electron chi connectivity index (χ2n) is 2.31. The van der Waals surface area contributed by atoms with Crippen LogP contribution in [0.1, 0.15) is 0 Å². The number of hydrogen-bond acceptors (Lipinski definition) is 0. The van der Waals surface area contributed by atoms with Crippen molar-refractivity contribution < 1.29 is 24.1 Å². The molecule has 80 valence electrons. The number of benzene rings is 1. The van der Waals surface area contributed by atoms with E-state index in [1.807, 2.05) is 0 Å². The molecule has 0 aliphatic rings. The zero-order valence-electron chi connectivity index (χ0n) is 6.98. The molecule has 1 aromatic carbocycles. The average molecular weight is 228 g/mol. The van der Waals surface area contributed by atoms with Gasteiger partial charge in [0.15, 0.2) is 0 Å². The normalized spacial score (nSPS) is 9.71. The van der Waals surface area contributed by atoms with E-state index in [1.54, 1.807) is 6.07 Å². The molecule has 0 radical (unpaired) electrons. The molecule has 2 nitrogen and oxygen atoms in total. The Morgan fingerprint density at radius 3 is 1.79 bits per heavy atom. The van der Waals surface area contributed by atoms with Crippen LogP contribution in [-0.2, 0) is 0 Å². The molecular weight excluding hydrogens is 219 g/mol. The van der Waals surface area contributed by atoms with Gasteiger partial charge in [0.25, 0.3) is 0 Å². The number of rotatable bonds is 1. The summed E-state index contributed by atoms with van der Waals surface area (Å²) < 4.78 is 36.0. The van der Waals surface area contributed by atoms with Gasteiger partial charge in [0, 0.05) is 0 Å². The largest absolute Gasteiger partial charge is 0.412 e. The van der Waals surface area contributed by atoms with E-state index in [-0.39, 0.29) is 16.4 Å². The molecule has 0 bridgehead atoms. The molecule has 0 saturated carbocycles. The maximum absolute atomic E-state index is 12.0. The van der Waals surface area contributed by atoms with Crippen molar-refractivity contribution in [3.63, 3.8) is 0 Å². The van der Waals surface area contributed by atoms with Gasteiger partial charge in [0.1, 0.15) is 0 Å². The zero-order valence-corrected chi connectivity index (χ0v) is 7.73. The first-order chi connectivity index (χ1) is 5.52. The van der Waals surface area contributed by atoms with Gasteiger partial charge >= 0.3 is 12.2 Å². The van der Waals surface area contributed by atoms with Crippen molar-refractivity contribution >= 4 is 23.1 Å². The van der Waals surface area contributed by atoms with E-state index in [4.69, 9.17) is 11.5 Å². The van der Waals surface area contributed by atoms with E-state index < -0.39 is 12.2 Å². The van der Waals surface area contributed by atoms with Crippen molar-refractivity contribution in [1.29, 1.82) is 0 Å². The third kappa shape index (κ3) is 4.00. The van der Waals surface area contributed by atoms with Crippen LogP contribution in [0.15, 0.2) is 30.3 Å². The topological polar surface area (TPSA) is 63.0 Å². The van der Waals surface area contributed by atoms with Crippen molar-refractivity contribution in [3.05, 3.63) is 30.3 Å². The Morgan fingerprint density at radius 2 is 1.43 bits per heavy atom. The van der Waals surface area contributed by atoms with Gasteiger partial charge < -0.3 is 11.0 Å². The highest BCUT2D eigenvalue weighted by Crippen LogP contribution is 2.21. The molecule has 0 amide bonds. The summed E-state index contributed by atoms with van der Waals surface area (Å²) in [6.45, 7) is 0. The fourth-order valence-corrected chi connectivity index (χ4v) is 0.956. The average Bonchev–Trinajstić information content (AvgIpc) is 2.03. The lowest BCUT2D eigenvalue weighted by atomic mass is 9.67. The summed E-state index contributed by atoms with van der Waals surface area (Å²) in [5, 5.41) is 0. The third-order valence-electron chi connectivity index (χ3n) is 1.38. The van der Waals surface area contributed by atoms with E-state index in [9.17, 15) is 13.2 Å². The SMILES string of the molecule is FC(F)(F)B(Cl)c1ccccc1.O.O. The van der Waals surface area contributed by atoms with Crippen molar-refractivity contribution in [2.24, 2.45) is 0 Å². The zero-order chi connectivity index (χ0) is 9.19. The molecule has 7 heteroatoms. The summed E-state index contributed by atoms with van der Waals surface area (Å²) >= 11 is 5.16. The van der Waals surface area contributed by atoms with Crippen LogP contribution in [0.4, 0.5) is 13.2 Å². The Balaban J connectivity index is 0. The van der Waals surface area contributed by atoms with E-state index in [0.29, 0.717) is 0 Å². The Bertz CT molecular complexity index is 255. The first-order valence-corrected chi connectivity index (χ1v) is 3.71. The van der Waals surface area contributed by atoms with E-state index >= 15 is 0 Å². The molecule has 4 N–H and O–H groups in total. The minimum absolute atomic E-state index is 0. The summed E-state index contributed by atoms with van der Waals surface area (Å²) in [5.41, 5.74) is 0.0756. The lowest BCUT2D eigenvalue weighted by molar-refractivity contribution is -0.0472. The smallest absolute Gasteiger partial charge is 0.407 e. The van der Waals surface area contributed by atoms with Gasteiger partial charge in [-0.2, -0.15) is 24.6 Å². The predicted molar refractivity (Wildman–Crippen MR) is 51.0 cm³/mol. The molecular formula is C7H9BClF3O2. The van der Waals surface area contributed by atoms with Crippen molar-refractivity contribution in [1.82, 2.24) is 0 Å². The Kier molecular flexibility index (Phi) is 6.63. The molecule has 0 spiro atoms. The van der Waals surface area contributed by atoms with Crippen LogP contribution in [0.3, 0.4) is 0 Å². The van der Waals surface area contributed by atoms with Crippen LogP contribution in [-0.4, -0.2) is 23.2 Å². The van der Waals surface area contributed by atoms with Crippen LogP contribution >= 0.6 is 11.5 Å². The van der Waals surface area contributed by atoms with Crippen LogP contribution in [0.2, 0.25) is 0 Å². The minimum atomic E-state index is -4.37.